The van der Waals surface area contributed by atoms with Gasteiger partial charge in [0.05, 0.1) is 37.7 Å². The van der Waals surface area contributed by atoms with Gasteiger partial charge in [0.25, 0.3) is 10.1 Å². The summed E-state index contributed by atoms with van der Waals surface area (Å²) in [4.78, 5) is 0. The molecule has 0 aliphatic carbocycles. The van der Waals surface area contributed by atoms with Gasteiger partial charge in [-0.25, -0.2) is 0 Å². The Morgan fingerprint density at radius 3 is 2.12 bits per heavy atom. The number of nitrogens with one attached hydrogen (secondary N) is 1. The van der Waals surface area contributed by atoms with E-state index in [9.17, 15) is 8.42 Å². The van der Waals surface area contributed by atoms with Gasteiger partial charge < -0.3 is 20.6 Å². The van der Waals surface area contributed by atoms with Crippen LogP contribution in [0.5, 0.6) is 0 Å². The van der Waals surface area contributed by atoms with Crippen LogP contribution in [0.2, 0.25) is 0 Å². The zero-order valence-corrected chi connectivity index (χ0v) is 10.7. The fraction of sp³-hybridized carbons (Fsp3) is 1.00. The molecule has 0 aromatic heterocycles. The molecule has 0 aromatic rings. The van der Waals surface area contributed by atoms with E-state index in [1.54, 1.807) is 0 Å². The zero-order valence-electron chi connectivity index (χ0n) is 9.92. The van der Waals surface area contributed by atoms with E-state index in [0.29, 0.717) is 13.0 Å². The highest BCUT2D eigenvalue weighted by atomic mass is 32.2. The molecular formula is C9H21NO6S. The van der Waals surface area contributed by atoms with Crippen LogP contribution in [0.25, 0.3) is 0 Å². The number of aliphatic hydroxyl groups excluding tert-OH is 3. The average Bonchev–Trinajstić information content (AvgIpc) is 2.34. The number of hydrogen-bond donors (Lipinski definition) is 4. The Bertz CT molecular complexity index is 280. The van der Waals surface area contributed by atoms with Crippen molar-refractivity contribution in [2.45, 2.75) is 18.9 Å². The Morgan fingerprint density at radius 1 is 1.18 bits per heavy atom. The third kappa shape index (κ3) is 6.29. The van der Waals surface area contributed by atoms with Crippen molar-refractivity contribution >= 4 is 10.1 Å². The number of aliphatic hydroxyl groups is 3. The van der Waals surface area contributed by atoms with Gasteiger partial charge in [0.1, 0.15) is 0 Å². The smallest absolute Gasteiger partial charge is 0.267 e. The van der Waals surface area contributed by atoms with E-state index >= 15 is 0 Å². The first-order valence-corrected chi connectivity index (χ1v) is 6.97. The van der Waals surface area contributed by atoms with Gasteiger partial charge in [0.2, 0.25) is 0 Å². The maximum absolute atomic E-state index is 11.0. The van der Waals surface area contributed by atoms with E-state index in [-0.39, 0.29) is 12.4 Å². The quantitative estimate of drug-likeness (QED) is 0.269. The SMILES string of the molecule is CCS(=O)(=O)OCCCNC(CO)(CO)CO. The van der Waals surface area contributed by atoms with Gasteiger partial charge in [-0.3, -0.25) is 4.18 Å². The molecule has 0 saturated carbocycles. The van der Waals surface area contributed by atoms with E-state index in [2.05, 4.69) is 9.50 Å². The minimum atomic E-state index is -3.43. The van der Waals surface area contributed by atoms with Gasteiger partial charge >= 0.3 is 0 Å². The van der Waals surface area contributed by atoms with E-state index in [1.807, 2.05) is 0 Å². The molecule has 17 heavy (non-hydrogen) atoms. The lowest BCUT2D eigenvalue weighted by Crippen LogP contribution is -2.55. The Labute approximate surface area is 102 Å². The Kier molecular flexibility index (Phi) is 7.84. The van der Waals surface area contributed by atoms with Gasteiger partial charge in [-0.05, 0) is 19.9 Å². The summed E-state index contributed by atoms with van der Waals surface area (Å²) < 4.78 is 26.6. The second-order valence-corrected chi connectivity index (χ2v) is 5.63. The molecule has 0 unspecified atom stereocenters. The van der Waals surface area contributed by atoms with Crippen molar-refractivity contribution in [2.75, 3.05) is 38.7 Å². The molecule has 7 nitrogen and oxygen atoms in total. The molecule has 0 spiro atoms. The maximum atomic E-state index is 11.0. The molecular weight excluding hydrogens is 250 g/mol. The van der Waals surface area contributed by atoms with Crippen molar-refractivity contribution in [3.05, 3.63) is 0 Å². The van der Waals surface area contributed by atoms with Crippen LogP contribution in [0.1, 0.15) is 13.3 Å². The summed E-state index contributed by atoms with van der Waals surface area (Å²) in [5.74, 6) is -0.0751. The molecule has 0 heterocycles. The largest absolute Gasteiger partial charge is 0.394 e. The molecule has 0 radical (unpaired) electrons. The van der Waals surface area contributed by atoms with Gasteiger partial charge in [-0.15, -0.1) is 0 Å². The first-order valence-electron chi connectivity index (χ1n) is 5.40. The summed E-state index contributed by atoms with van der Waals surface area (Å²) >= 11 is 0. The molecule has 0 aromatic carbocycles. The minimum Gasteiger partial charge on any atom is -0.394 e. The minimum absolute atomic E-state index is 0.0293. The second kappa shape index (κ2) is 7.96. The van der Waals surface area contributed by atoms with E-state index < -0.39 is 35.5 Å². The molecule has 104 valence electrons. The predicted octanol–water partition coefficient (Wildman–Crippen LogP) is -1.95. The lowest BCUT2D eigenvalue weighted by atomic mass is 10.0. The molecule has 0 atom stereocenters. The molecule has 0 bridgehead atoms. The second-order valence-electron chi connectivity index (χ2n) is 3.70. The Hall–Kier alpha value is -0.250. The van der Waals surface area contributed by atoms with Crippen molar-refractivity contribution in [2.24, 2.45) is 0 Å². The van der Waals surface area contributed by atoms with Gasteiger partial charge in [-0.2, -0.15) is 8.42 Å². The Balaban J connectivity index is 3.84. The van der Waals surface area contributed by atoms with Crippen LogP contribution in [0.3, 0.4) is 0 Å². The standard InChI is InChI=1S/C9H21NO6S/c1-2-17(14,15)16-5-3-4-10-9(6-11,7-12)8-13/h10-13H,2-8H2,1H3. The summed E-state index contributed by atoms with van der Waals surface area (Å²) in [6.45, 7) is 0.612. The first-order chi connectivity index (χ1) is 7.95. The molecule has 8 heteroatoms. The highest BCUT2D eigenvalue weighted by Gasteiger charge is 2.26. The lowest BCUT2D eigenvalue weighted by Gasteiger charge is -2.28. The van der Waals surface area contributed by atoms with E-state index in [0.717, 1.165) is 0 Å². The van der Waals surface area contributed by atoms with Crippen LogP contribution >= 0.6 is 0 Å². The Morgan fingerprint density at radius 2 is 1.71 bits per heavy atom. The van der Waals surface area contributed by atoms with Crippen LogP contribution in [0, 0.1) is 0 Å². The highest BCUT2D eigenvalue weighted by Crippen LogP contribution is 2.01. The summed E-state index contributed by atoms with van der Waals surface area (Å²) in [6.07, 6.45) is 0.390. The lowest BCUT2D eigenvalue weighted by molar-refractivity contribution is 0.0420. The zero-order chi connectivity index (χ0) is 13.4. The van der Waals surface area contributed by atoms with Crippen LogP contribution < -0.4 is 5.32 Å². The van der Waals surface area contributed by atoms with Gasteiger partial charge in [0.15, 0.2) is 0 Å². The fourth-order valence-corrected chi connectivity index (χ4v) is 1.55. The maximum Gasteiger partial charge on any atom is 0.267 e. The molecule has 0 aliphatic heterocycles. The van der Waals surface area contributed by atoms with Crippen molar-refractivity contribution in [3.63, 3.8) is 0 Å². The van der Waals surface area contributed by atoms with Crippen molar-refractivity contribution in [1.29, 1.82) is 0 Å². The van der Waals surface area contributed by atoms with Gasteiger partial charge in [-0.1, -0.05) is 0 Å². The predicted molar refractivity (Wildman–Crippen MR) is 62.0 cm³/mol. The summed E-state index contributed by atoms with van der Waals surface area (Å²) in [7, 11) is -3.43. The third-order valence-corrected chi connectivity index (χ3v) is 3.58. The summed E-state index contributed by atoms with van der Waals surface area (Å²) in [6, 6.07) is 0. The molecule has 0 rings (SSSR count). The molecule has 0 fully saturated rings. The first kappa shape index (κ1) is 16.8. The molecule has 0 amide bonds. The van der Waals surface area contributed by atoms with Crippen LogP contribution in [0.15, 0.2) is 0 Å². The van der Waals surface area contributed by atoms with Crippen LogP contribution in [0.4, 0.5) is 0 Å². The van der Waals surface area contributed by atoms with Crippen molar-refractivity contribution in [1.82, 2.24) is 5.32 Å². The van der Waals surface area contributed by atoms with Gasteiger partial charge in [0, 0.05) is 0 Å². The highest BCUT2D eigenvalue weighted by molar-refractivity contribution is 7.86. The van der Waals surface area contributed by atoms with Crippen molar-refractivity contribution < 1.29 is 27.9 Å². The molecule has 0 saturated heterocycles. The normalized spacial score (nSPS) is 12.9. The van der Waals surface area contributed by atoms with Crippen LogP contribution in [-0.2, 0) is 14.3 Å². The average molecular weight is 271 g/mol. The van der Waals surface area contributed by atoms with E-state index in [4.69, 9.17) is 15.3 Å². The molecule has 4 N–H and O–H groups in total. The van der Waals surface area contributed by atoms with E-state index in [1.165, 1.54) is 6.92 Å². The summed E-state index contributed by atoms with van der Waals surface area (Å²) in [5.41, 5.74) is -1.14. The number of hydrogen-bond acceptors (Lipinski definition) is 7. The molecule has 0 aliphatic rings. The number of rotatable bonds is 10. The third-order valence-electron chi connectivity index (χ3n) is 2.35. The van der Waals surface area contributed by atoms with Crippen LogP contribution in [-0.4, -0.2) is 68.0 Å². The van der Waals surface area contributed by atoms with Crippen molar-refractivity contribution in [3.8, 4) is 0 Å². The fourth-order valence-electron chi connectivity index (χ4n) is 1.01. The summed E-state index contributed by atoms with van der Waals surface area (Å²) in [5, 5.41) is 29.7. The monoisotopic (exact) mass is 271 g/mol. The topological polar surface area (TPSA) is 116 Å².